The number of amides is 1. The summed E-state index contributed by atoms with van der Waals surface area (Å²) in [6.07, 6.45) is 1.00. The third-order valence-electron chi connectivity index (χ3n) is 4.10. The number of rotatable bonds is 5. The molecule has 0 aromatic heterocycles. The first-order chi connectivity index (χ1) is 9.90. The van der Waals surface area contributed by atoms with Crippen molar-refractivity contribution in [2.45, 2.75) is 39.4 Å². The van der Waals surface area contributed by atoms with E-state index in [-0.39, 0.29) is 18.1 Å². The van der Waals surface area contributed by atoms with Crippen LogP contribution in [-0.2, 0) is 4.79 Å². The van der Waals surface area contributed by atoms with Crippen molar-refractivity contribution in [1.82, 2.24) is 15.1 Å². The van der Waals surface area contributed by atoms with Crippen molar-refractivity contribution < 1.29 is 4.79 Å². The molecule has 1 saturated heterocycles. The monoisotopic (exact) mass is 289 g/mol. The summed E-state index contributed by atoms with van der Waals surface area (Å²) >= 11 is 0. The van der Waals surface area contributed by atoms with E-state index < -0.39 is 0 Å². The molecule has 1 N–H and O–H groups in total. The molecule has 1 aliphatic heterocycles. The van der Waals surface area contributed by atoms with E-state index in [4.69, 9.17) is 0 Å². The molecular weight excluding hydrogens is 262 g/mol. The van der Waals surface area contributed by atoms with Crippen LogP contribution in [0.15, 0.2) is 18.2 Å². The summed E-state index contributed by atoms with van der Waals surface area (Å²) in [7, 11) is 4.13. The molecular formula is C17H27N3O. The first kappa shape index (κ1) is 16.0. The van der Waals surface area contributed by atoms with Crippen molar-refractivity contribution in [3.05, 3.63) is 34.9 Å². The maximum absolute atomic E-state index is 12.4. The van der Waals surface area contributed by atoms with Crippen LogP contribution in [-0.4, -0.2) is 48.9 Å². The van der Waals surface area contributed by atoms with Crippen LogP contribution >= 0.6 is 0 Å². The lowest BCUT2D eigenvalue weighted by atomic mass is 10.0. The fourth-order valence-electron chi connectivity index (χ4n) is 2.96. The summed E-state index contributed by atoms with van der Waals surface area (Å²) in [4.78, 5) is 16.5. The topological polar surface area (TPSA) is 35.6 Å². The molecule has 0 saturated carbocycles. The zero-order valence-corrected chi connectivity index (χ0v) is 13.8. The summed E-state index contributed by atoms with van der Waals surface area (Å²) in [5.74, 6) is 0.207. The number of hydrogen-bond donors (Lipinski definition) is 1. The van der Waals surface area contributed by atoms with Gasteiger partial charge < -0.3 is 9.80 Å². The maximum Gasteiger partial charge on any atom is 0.241 e. The predicted molar refractivity (Wildman–Crippen MR) is 86.1 cm³/mol. The molecule has 2 rings (SSSR count). The van der Waals surface area contributed by atoms with E-state index in [9.17, 15) is 4.79 Å². The smallest absolute Gasteiger partial charge is 0.241 e. The zero-order valence-electron chi connectivity index (χ0n) is 13.8. The van der Waals surface area contributed by atoms with Crippen molar-refractivity contribution in [3.8, 4) is 0 Å². The lowest BCUT2D eigenvalue weighted by molar-refractivity contribution is -0.129. The average Bonchev–Trinajstić information content (AvgIpc) is 2.66. The SMILES string of the molecule is Cc1ccc(C2NC(C)C(=O)N2CCCN(C)C)c(C)c1. The minimum atomic E-state index is -0.102. The number of nitrogens with zero attached hydrogens (tertiary/aromatic N) is 2. The van der Waals surface area contributed by atoms with E-state index in [0.29, 0.717) is 0 Å². The second-order valence-corrected chi connectivity index (χ2v) is 6.34. The maximum atomic E-state index is 12.4. The fraction of sp³-hybridized carbons (Fsp3) is 0.588. The van der Waals surface area contributed by atoms with Gasteiger partial charge in [-0.1, -0.05) is 23.8 Å². The van der Waals surface area contributed by atoms with Crippen LogP contribution in [0.25, 0.3) is 0 Å². The van der Waals surface area contributed by atoms with Gasteiger partial charge in [-0.2, -0.15) is 0 Å². The van der Waals surface area contributed by atoms with Gasteiger partial charge >= 0.3 is 0 Å². The summed E-state index contributed by atoms with van der Waals surface area (Å²) in [5.41, 5.74) is 3.71. The largest absolute Gasteiger partial charge is 0.322 e. The van der Waals surface area contributed by atoms with Gasteiger partial charge in [-0.3, -0.25) is 10.1 Å². The number of carbonyl (C=O) groups is 1. The fourth-order valence-corrected chi connectivity index (χ4v) is 2.96. The molecule has 0 radical (unpaired) electrons. The van der Waals surface area contributed by atoms with E-state index in [1.165, 1.54) is 16.7 Å². The average molecular weight is 289 g/mol. The minimum absolute atomic E-state index is 0.00950. The van der Waals surface area contributed by atoms with Crippen LogP contribution in [0.5, 0.6) is 0 Å². The Labute approximate surface area is 128 Å². The van der Waals surface area contributed by atoms with Crippen LogP contribution in [0.1, 0.15) is 36.2 Å². The Morgan fingerprint density at radius 1 is 1.29 bits per heavy atom. The number of aryl methyl sites for hydroxylation is 2. The van der Waals surface area contributed by atoms with Crippen LogP contribution in [0, 0.1) is 13.8 Å². The van der Waals surface area contributed by atoms with Crippen LogP contribution in [0.2, 0.25) is 0 Å². The highest BCUT2D eigenvalue weighted by atomic mass is 16.2. The van der Waals surface area contributed by atoms with Crippen molar-refractivity contribution >= 4 is 5.91 Å². The molecule has 0 spiro atoms. The van der Waals surface area contributed by atoms with Crippen LogP contribution < -0.4 is 5.32 Å². The molecule has 4 heteroatoms. The predicted octanol–water partition coefficient (Wildman–Crippen LogP) is 2.07. The molecule has 2 unspecified atom stereocenters. The van der Waals surface area contributed by atoms with Gasteiger partial charge in [-0.15, -0.1) is 0 Å². The Balaban J connectivity index is 2.17. The zero-order chi connectivity index (χ0) is 15.6. The highest BCUT2D eigenvalue weighted by Crippen LogP contribution is 2.28. The Kier molecular flexibility index (Phi) is 5.01. The summed E-state index contributed by atoms with van der Waals surface area (Å²) in [6.45, 7) is 7.96. The van der Waals surface area contributed by atoms with Crippen molar-refractivity contribution in [2.75, 3.05) is 27.2 Å². The van der Waals surface area contributed by atoms with Gasteiger partial charge in [0.1, 0.15) is 6.17 Å². The number of carbonyl (C=O) groups excluding carboxylic acids is 1. The second kappa shape index (κ2) is 6.58. The Bertz CT molecular complexity index is 513. The number of hydrogen-bond acceptors (Lipinski definition) is 3. The molecule has 1 aliphatic rings. The quantitative estimate of drug-likeness (QED) is 0.901. The normalized spacial score (nSPS) is 22.4. The third kappa shape index (κ3) is 3.63. The van der Waals surface area contributed by atoms with E-state index in [1.54, 1.807) is 0 Å². The molecule has 1 aromatic rings. The molecule has 4 nitrogen and oxygen atoms in total. The van der Waals surface area contributed by atoms with E-state index >= 15 is 0 Å². The van der Waals surface area contributed by atoms with Gasteiger partial charge in [0.25, 0.3) is 0 Å². The van der Waals surface area contributed by atoms with Gasteiger partial charge in [-0.25, -0.2) is 0 Å². The first-order valence-corrected chi connectivity index (χ1v) is 7.68. The second-order valence-electron chi connectivity index (χ2n) is 6.34. The van der Waals surface area contributed by atoms with E-state index in [1.807, 2.05) is 11.8 Å². The Morgan fingerprint density at radius 2 is 2.00 bits per heavy atom. The van der Waals surface area contributed by atoms with Crippen molar-refractivity contribution in [2.24, 2.45) is 0 Å². The third-order valence-corrected chi connectivity index (χ3v) is 4.10. The Morgan fingerprint density at radius 3 is 2.62 bits per heavy atom. The molecule has 1 aromatic carbocycles. The molecule has 0 bridgehead atoms. The van der Waals surface area contributed by atoms with Gasteiger partial charge in [0.15, 0.2) is 0 Å². The number of benzene rings is 1. The lowest BCUT2D eigenvalue weighted by Crippen LogP contribution is -2.33. The molecule has 1 fully saturated rings. The number of nitrogens with one attached hydrogen (secondary N) is 1. The molecule has 1 amide bonds. The van der Waals surface area contributed by atoms with E-state index in [2.05, 4.69) is 56.4 Å². The van der Waals surface area contributed by atoms with Gasteiger partial charge in [0.2, 0.25) is 5.91 Å². The molecule has 2 atom stereocenters. The van der Waals surface area contributed by atoms with Crippen molar-refractivity contribution in [3.63, 3.8) is 0 Å². The van der Waals surface area contributed by atoms with E-state index in [0.717, 1.165) is 19.5 Å². The Hall–Kier alpha value is -1.39. The molecule has 1 heterocycles. The molecule has 116 valence electrons. The summed E-state index contributed by atoms with van der Waals surface area (Å²) in [5, 5.41) is 3.43. The van der Waals surface area contributed by atoms with Gasteiger partial charge in [0.05, 0.1) is 6.04 Å². The highest BCUT2D eigenvalue weighted by molar-refractivity contribution is 5.84. The lowest BCUT2D eigenvalue weighted by Gasteiger charge is -2.26. The molecule has 21 heavy (non-hydrogen) atoms. The molecule has 0 aliphatic carbocycles. The summed E-state index contributed by atoms with van der Waals surface area (Å²) < 4.78 is 0. The van der Waals surface area contributed by atoms with Crippen LogP contribution in [0.3, 0.4) is 0 Å². The van der Waals surface area contributed by atoms with Gasteiger partial charge in [0, 0.05) is 6.54 Å². The first-order valence-electron chi connectivity index (χ1n) is 7.68. The highest BCUT2D eigenvalue weighted by Gasteiger charge is 2.37. The minimum Gasteiger partial charge on any atom is -0.322 e. The standard InChI is InChI=1S/C17H27N3O/c1-12-7-8-15(13(2)11-12)16-18-14(3)17(21)20(16)10-6-9-19(4)5/h7-8,11,14,16,18H,6,9-10H2,1-5H3. The summed E-state index contributed by atoms with van der Waals surface area (Å²) in [6, 6.07) is 6.35. The van der Waals surface area contributed by atoms with Crippen molar-refractivity contribution in [1.29, 1.82) is 0 Å². The van der Waals surface area contributed by atoms with Gasteiger partial charge in [-0.05, 0) is 59.0 Å². The van der Waals surface area contributed by atoms with Crippen LogP contribution in [0.4, 0.5) is 0 Å².